The summed E-state index contributed by atoms with van der Waals surface area (Å²) in [6.07, 6.45) is 1.17. The van der Waals surface area contributed by atoms with Gasteiger partial charge < -0.3 is 4.74 Å². The van der Waals surface area contributed by atoms with Gasteiger partial charge in [0.05, 0.1) is 20.5 Å². The molecule has 3 aromatic rings. The van der Waals surface area contributed by atoms with E-state index < -0.39 is 18.3 Å². The lowest BCUT2D eigenvalue weighted by Gasteiger charge is -2.08. The number of carbonyl (C=O) groups is 1. The molecular formula is C14H7Cl3N4O3. The van der Waals surface area contributed by atoms with Crippen LogP contribution in [0.2, 0.25) is 15.1 Å². The van der Waals surface area contributed by atoms with Crippen molar-refractivity contribution in [2.75, 3.05) is 0 Å². The zero-order chi connectivity index (χ0) is 17.3. The molecule has 0 unspecified atom stereocenters. The van der Waals surface area contributed by atoms with Crippen molar-refractivity contribution in [3.63, 3.8) is 0 Å². The zero-order valence-electron chi connectivity index (χ0n) is 11.7. The van der Waals surface area contributed by atoms with E-state index >= 15 is 0 Å². The van der Waals surface area contributed by atoms with Crippen LogP contribution in [0.15, 0.2) is 35.3 Å². The summed E-state index contributed by atoms with van der Waals surface area (Å²) in [6, 6.07) is 6.68. The van der Waals surface area contributed by atoms with Crippen molar-refractivity contribution in [1.82, 2.24) is 20.0 Å². The Morgan fingerprint density at radius 1 is 1.17 bits per heavy atom. The molecule has 0 aliphatic carbocycles. The molecule has 0 spiro atoms. The largest absolute Gasteiger partial charge is 0.437 e. The molecule has 0 fully saturated rings. The molecule has 0 saturated heterocycles. The smallest absolute Gasteiger partial charge is 0.360 e. The summed E-state index contributed by atoms with van der Waals surface area (Å²) >= 11 is 17.5. The van der Waals surface area contributed by atoms with Crippen molar-refractivity contribution in [2.45, 2.75) is 6.73 Å². The molecule has 1 aromatic carbocycles. The second kappa shape index (κ2) is 6.72. The fourth-order valence-corrected chi connectivity index (χ4v) is 2.44. The van der Waals surface area contributed by atoms with Gasteiger partial charge in [-0.3, -0.25) is 4.79 Å². The van der Waals surface area contributed by atoms with Gasteiger partial charge in [-0.25, -0.2) is 9.78 Å². The second-order valence-corrected chi connectivity index (χ2v) is 5.72. The van der Waals surface area contributed by atoms with Gasteiger partial charge in [-0.2, -0.15) is 4.68 Å². The molecule has 0 amide bonds. The number of benzene rings is 1. The topological polar surface area (TPSA) is 87.0 Å². The first-order chi connectivity index (χ1) is 11.5. The Morgan fingerprint density at radius 2 is 1.92 bits per heavy atom. The highest BCUT2D eigenvalue weighted by Gasteiger charge is 2.19. The zero-order valence-corrected chi connectivity index (χ0v) is 14.0. The number of halogens is 3. The number of rotatable bonds is 3. The van der Waals surface area contributed by atoms with Gasteiger partial charge in [0.25, 0.3) is 5.56 Å². The summed E-state index contributed by atoms with van der Waals surface area (Å²) in [5.41, 5.74) is -0.214. The normalized spacial score (nSPS) is 10.8. The van der Waals surface area contributed by atoms with Crippen LogP contribution in [0, 0.1) is 0 Å². The van der Waals surface area contributed by atoms with E-state index in [0.717, 1.165) is 4.68 Å². The van der Waals surface area contributed by atoms with Gasteiger partial charge in [-0.05, 0) is 12.1 Å². The lowest BCUT2D eigenvalue weighted by Crippen LogP contribution is -2.26. The third kappa shape index (κ3) is 3.06. The second-order valence-electron chi connectivity index (χ2n) is 4.55. The van der Waals surface area contributed by atoms with Crippen LogP contribution in [-0.4, -0.2) is 25.9 Å². The number of hydrogen-bond donors (Lipinski definition) is 0. The molecule has 24 heavy (non-hydrogen) atoms. The van der Waals surface area contributed by atoms with Crippen molar-refractivity contribution in [3.8, 4) is 0 Å². The molecule has 7 nitrogen and oxygen atoms in total. The quantitative estimate of drug-likeness (QED) is 0.644. The molecule has 3 rings (SSSR count). The maximum absolute atomic E-state index is 12.2. The Hall–Kier alpha value is -2.22. The lowest BCUT2D eigenvalue weighted by atomic mass is 10.2. The van der Waals surface area contributed by atoms with E-state index in [1.165, 1.54) is 6.20 Å². The van der Waals surface area contributed by atoms with Crippen molar-refractivity contribution >= 4 is 51.7 Å². The van der Waals surface area contributed by atoms with Crippen molar-refractivity contribution in [2.24, 2.45) is 0 Å². The first-order valence-electron chi connectivity index (χ1n) is 6.48. The number of fused-ring (bicyclic) bond motifs is 1. The van der Waals surface area contributed by atoms with Gasteiger partial charge in [0.2, 0.25) is 0 Å². The number of pyridine rings is 1. The Kier molecular flexibility index (Phi) is 4.66. The maximum Gasteiger partial charge on any atom is 0.360 e. The molecule has 122 valence electrons. The van der Waals surface area contributed by atoms with Crippen LogP contribution in [-0.2, 0) is 11.5 Å². The fourth-order valence-electron chi connectivity index (χ4n) is 1.88. The van der Waals surface area contributed by atoms with Gasteiger partial charge in [0, 0.05) is 6.20 Å². The molecule has 0 atom stereocenters. The highest BCUT2D eigenvalue weighted by atomic mass is 35.5. The predicted molar refractivity (Wildman–Crippen MR) is 88.5 cm³/mol. The molecule has 0 saturated carbocycles. The minimum atomic E-state index is -0.875. The average molecular weight is 386 g/mol. The van der Waals surface area contributed by atoms with Gasteiger partial charge in [-0.15, -0.1) is 5.10 Å². The van der Waals surface area contributed by atoms with Crippen LogP contribution >= 0.6 is 34.8 Å². The van der Waals surface area contributed by atoms with Crippen LogP contribution in [0.3, 0.4) is 0 Å². The van der Waals surface area contributed by atoms with Crippen LogP contribution in [0.5, 0.6) is 0 Å². The number of esters is 1. The summed E-state index contributed by atoms with van der Waals surface area (Å²) in [4.78, 5) is 28.1. The average Bonchev–Trinajstić information content (AvgIpc) is 2.59. The van der Waals surface area contributed by atoms with Gasteiger partial charge in [0.15, 0.2) is 12.4 Å². The summed E-state index contributed by atoms with van der Waals surface area (Å²) < 4.78 is 5.90. The van der Waals surface area contributed by atoms with Gasteiger partial charge in [-0.1, -0.05) is 52.1 Å². The van der Waals surface area contributed by atoms with Crippen LogP contribution in [0.25, 0.3) is 10.9 Å². The van der Waals surface area contributed by atoms with Crippen LogP contribution in [0.1, 0.15) is 10.5 Å². The molecule has 0 aliphatic rings. The van der Waals surface area contributed by atoms with E-state index in [1.807, 2.05) is 0 Å². The van der Waals surface area contributed by atoms with Gasteiger partial charge in [0.1, 0.15) is 5.52 Å². The number of ether oxygens (including phenoxy) is 1. The van der Waals surface area contributed by atoms with E-state index in [2.05, 4.69) is 15.3 Å². The number of nitrogens with zero attached hydrogens (tertiary/aromatic N) is 4. The molecule has 2 heterocycles. The highest BCUT2D eigenvalue weighted by molar-refractivity contribution is 6.48. The molecule has 2 aromatic heterocycles. The first-order valence-corrected chi connectivity index (χ1v) is 7.61. The number of carbonyl (C=O) groups excluding carboxylic acids is 1. The number of aromatic nitrogens is 4. The van der Waals surface area contributed by atoms with E-state index in [1.54, 1.807) is 24.3 Å². The Labute approximate surface area is 149 Å². The van der Waals surface area contributed by atoms with Gasteiger partial charge >= 0.3 is 5.97 Å². The van der Waals surface area contributed by atoms with E-state index in [4.69, 9.17) is 39.5 Å². The fraction of sp³-hybridized carbons (Fsp3) is 0.0714. The Bertz CT molecular complexity index is 1010. The molecule has 0 N–H and O–H groups in total. The summed E-state index contributed by atoms with van der Waals surface area (Å²) in [6.45, 7) is -0.451. The number of hydrogen-bond acceptors (Lipinski definition) is 6. The van der Waals surface area contributed by atoms with Crippen LogP contribution in [0.4, 0.5) is 0 Å². The van der Waals surface area contributed by atoms with E-state index in [0.29, 0.717) is 10.9 Å². The Balaban J connectivity index is 1.84. The molecule has 0 radical (unpaired) electrons. The Morgan fingerprint density at radius 3 is 2.71 bits per heavy atom. The lowest BCUT2D eigenvalue weighted by molar-refractivity contribution is 0.0329. The minimum Gasteiger partial charge on any atom is -0.437 e. The third-order valence-corrected chi connectivity index (χ3v) is 4.30. The molecule has 0 bridgehead atoms. The molecule has 10 heteroatoms. The van der Waals surface area contributed by atoms with Crippen molar-refractivity contribution in [1.29, 1.82) is 0 Å². The first kappa shape index (κ1) is 16.6. The van der Waals surface area contributed by atoms with Crippen molar-refractivity contribution in [3.05, 3.63) is 61.6 Å². The standard InChI is InChI=1S/C14H7Cl3N4O3/c15-8-5-18-12(11(17)10(8)16)14(23)24-6-21-13(22)7-3-1-2-4-9(7)19-20-21/h1-5H,6H2. The summed E-state index contributed by atoms with van der Waals surface area (Å²) in [5.74, 6) is -0.875. The van der Waals surface area contributed by atoms with Crippen molar-refractivity contribution < 1.29 is 9.53 Å². The summed E-state index contributed by atoms with van der Waals surface area (Å²) in [7, 11) is 0. The molecule has 0 aliphatic heterocycles. The maximum atomic E-state index is 12.2. The molecular weight excluding hydrogens is 379 g/mol. The third-order valence-electron chi connectivity index (χ3n) is 3.06. The van der Waals surface area contributed by atoms with E-state index in [9.17, 15) is 9.59 Å². The van der Waals surface area contributed by atoms with E-state index in [-0.39, 0.29) is 20.8 Å². The summed E-state index contributed by atoms with van der Waals surface area (Å²) in [5, 5.41) is 7.90. The highest BCUT2D eigenvalue weighted by Crippen LogP contribution is 2.31. The minimum absolute atomic E-state index is 0.0112. The monoisotopic (exact) mass is 384 g/mol. The van der Waals surface area contributed by atoms with Crippen LogP contribution < -0.4 is 5.56 Å². The predicted octanol–water partition coefficient (Wildman–Crippen LogP) is 2.96. The SMILES string of the molecule is O=C(OCn1nnc2ccccc2c1=O)c1ncc(Cl)c(Cl)c1Cl.